The molecule has 2 N–H and O–H groups in total. The van der Waals surface area contributed by atoms with Crippen LogP contribution < -0.4 is 0 Å². The zero-order valence-electron chi connectivity index (χ0n) is 6.44. The lowest BCUT2D eigenvalue weighted by Crippen LogP contribution is -2.32. The van der Waals surface area contributed by atoms with Crippen molar-refractivity contribution in [2.24, 2.45) is 5.92 Å². The highest BCUT2D eigenvalue weighted by Gasteiger charge is 2.40. The van der Waals surface area contributed by atoms with Crippen molar-refractivity contribution in [3.05, 3.63) is 0 Å². The number of ether oxygens (including phenoxy) is 1. The highest BCUT2D eigenvalue weighted by atomic mass is 16.6. The van der Waals surface area contributed by atoms with Crippen LogP contribution in [0.3, 0.4) is 0 Å². The molecule has 1 saturated heterocycles. The summed E-state index contributed by atoms with van der Waals surface area (Å²) in [5, 5.41) is 18.7. The largest absolute Gasteiger partial charge is 0.393 e. The van der Waals surface area contributed by atoms with Crippen LogP contribution in [0.4, 0.5) is 0 Å². The van der Waals surface area contributed by atoms with Crippen molar-refractivity contribution in [3.63, 3.8) is 0 Å². The molecule has 2 fully saturated rings. The molecule has 2 aliphatic rings. The van der Waals surface area contributed by atoms with Gasteiger partial charge >= 0.3 is 0 Å². The molecule has 0 bridgehead atoms. The van der Waals surface area contributed by atoms with E-state index >= 15 is 0 Å². The fourth-order valence-corrected chi connectivity index (χ4v) is 2.17. The van der Waals surface area contributed by atoms with Crippen LogP contribution in [0.15, 0.2) is 0 Å². The number of aliphatic hydroxyl groups excluding tert-OH is 2. The Morgan fingerprint density at radius 2 is 2.00 bits per heavy atom. The molecule has 3 heteroatoms. The molecule has 0 radical (unpaired) electrons. The third-order valence-corrected chi connectivity index (χ3v) is 2.77. The van der Waals surface area contributed by atoms with Gasteiger partial charge in [-0.3, -0.25) is 0 Å². The lowest BCUT2D eigenvalue weighted by molar-refractivity contribution is -0.102. The number of fused-ring (bicyclic) bond motifs is 1. The summed E-state index contributed by atoms with van der Waals surface area (Å²) in [4.78, 5) is 0. The van der Waals surface area contributed by atoms with Gasteiger partial charge in [0.05, 0.1) is 12.2 Å². The zero-order valence-corrected chi connectivity index (χ0v) is 6.44. The number of rotatable bonds is 0. The topological polar surface area (TPSA) is 49.7 Å². The van der Waals surface area contributed by atoms with E-state index in [1.807, 2.05) is 0 Å². The van der Waals surface area contributed by atoms with Gasteiger partial charge in [0.2, 0.25) is 0 Å². The van der Waals surface area contributed by atoms with Gasteiger partial charge in [-0.1, -0.05) is 0 Å². The predicted molar refractivity (Wildman–Crippen MR) is 38.8 cm³/mol. The number of hydrogen-bond acceptors (Lipinski definition) is 3. The molecule has 1 saturated carbocycles. The molecule has 11 heavy (non-hydrogen) atoms. The SMILES string of the molecule is OC1CC2C(O)CCCC2O1. The maximum Gasteiger partial charge on any atom is 0.155 e. The molecule has 2 rings (SSSR count). The minimum Gasteiger partial charge on any atom is -0.393 e. The summed E-state index contributed by atoms with van der Waals surface area (Å²) in [6, 6.07) is 0. The highest BCUT2D eigenvalue weighted by Crippen LogP contribution is 2.36. The maximum atomic E-state index is 9.51. The fourth-order valence-electron chi connectivity index (χ4n) is 2.17. The molecule has 0 spiro atoms. The Labute approximate surface area is 66.0 Å². The van der Waals surface area contributed by atoms with Crippen LogP contribution in [0.2, 0.25) is 0 Å². The molecule has 0 amide bonds. The minimum atomic E-state index is -0.627. The summed E-state index contributed by atoms with van der Waals surface area (Å²) >= 11 is 0. The normalized spacial score (nSPS) is 50.7. The van der Waals surface area contributed by atoms with Crippen LogP contribution in [-0.4, -0.2) is 28.7 Å². The van der Waals surface area contributed by atoms with Crippen molar-refractivity contribution in [2.45, 2.75) is 44.2 Å². The molecule has 0 aromatic heterocycles. The van der Waals surface area contributed by atoms with Gasteiger partial charge in [0, 0.05) is 12.3 Å². The molecule has 0 aromatic carbocycles. The molecule has 1 heterocycles. The summed E-state index contributed by atoms with van der Waals surface area (Å²) in [5.74, 6) is 0.193. The third-order valence-electron chi connectivity index (χ3n) is 2.77. The number of aliphatic hydroxyl groups is 2. The van der Waals surface area contributed by atoms with Crippen molar-refractivity contribution >= 4 is 0 Å². The van der Waals surface area contributed by atoms with Gasteiger partial charge in [0.1, 0.15) is 0 Å². The second-order valence-corrected chi connectivity index (χ2v) is 3.53. The molecule has 1 aliphatic heterocycles. The van der Waals surface area contributed by atoms with E-state index in [0.717, 1.165) is 19.3 Å². The van der Waals surface area contributed by atoms with E-state index in [-0.39, 0.29) is 18.1 Å². The number of hydrogen-bond donors (Lipinski definition) is 2. The van der Waals surface area contributed by atoms with Crippen LogP contribution >= 0.6 is 0 Å². The maximum absolute atomic E-state index is 9.51. The lowest BCUT2D eigenvalue weighted by atomic mass is 9.84. The van der Waals surface area contributed by atoms with Gasteiger partial charge in [-0.25, -0.2) is 0 Å². The Balaban J connectivity index is 2.03. The van der Waals surface area contributed by atoms with Crippen molar-refractivity contribution < 1.29 is 14.9 Å². The van der Waals surface area contributed by atoms with Gasteiger partial charge in [0.15, 0.2) is 6.29 Å². The Bertz CT molecular complexity index is 148. The van der Waals surface area contributed by atoms with Crippen LogP contribution in [0.25, 0.3) is 0 Å². The average molecular weight is 158 g/mol. The first-order valence-electron chi connectivity index (χ1n) is 4.29. The Kier molecular flexibility index (Phi) is 1.87. The van der Waals surface area contributed by atoms with Gasteiger partial charge in [0.25, 0.3) is 0 Å². The van der Waals surface area contributed by atoms with E-state index < -0.39 is 6.29 Å². The molecule has 1 aliphatic carbocycles. The van der Waals surface area contributed by atoms with E-state index in [1.54, 1.807) is 0 Å². The first-order chi connectivity index (χ1) is 5.27. The Morgan fingerprint density at radius 1 is 1.18 bits per heavy atom. The first kappa shape index (κ1) is 7.53. The van der Waals surface area contributed by atoms with Crippen molar-refractivity contribution in [3.8, 4) is 0 Å². The summed E-state index contributed by atoms with van der Waals surface area (Å²) < 4.78 is 5.23. The van der Waals surface area contributed by atoms with Crippen molar-refractivity contribution in [2.75, 3.05) is 0 Å². The van der Waals surface area contributed by atoms with Crippen LogP contribution in [-0.2, 0) is 4.74 Å². The lowest BCUT2D eigenvalue weighted by Gasteiger charge is -2.28. The smallest absolute Gasteiger partial charge is 0.155 e. The van der Waals surface area contributed by atoms with E-state index in [2.05, 4.69) is 0 Å². The molecule has 4 atom stereocenters. The van der Waals surface area contributed by atoms with Crippen LogP contribution in [0, 0.1) is 5.92 Å². The predicted octanol–water partition coefficient (Wildman–Crippen LogP) is 0.255. The zero-order chi connectivity index (χ0) is 7.84. The van der Waals surface area contributed by atoms with Gasteiger partial charge < -0.3 is 14.9 Å². The molecule has 4 unspecified atom stereocenters. The molecule has 0 aromatic rings. The van der Waals surface area contributed by atoms with E-state index in [9.17, 15) is 5.11 Å². The standard InChI is InChI=1S/C8H14O3/c9-6-2-1-3-7-5(6)4-8(10)11-7/h5-10H,1-4H2. The van der Waals surface area contributed by atoms with Gasteiger partial charge in [-0.05, 0) is 19.3 Å². The van der Waals surface area contributed by atoms with Crippen LogP contribution in [0.1, 0.15) is 25.7 Å². The van der Waals surface area contributed by atoms with Gasteiger partial charge in [-0.2, -0.15) is 0 Å². The van der Waals surface area contributed by atoms with Crippen LogP contribution in [0.5, 0.6) is 0 Å². The Morgan fingerprint density at radius 3 is 2.73 bits per heavy atom. The summed E-state index contributed by atoms with van der Waals surface area (Å²) in [6.07, 6.45) is 2.76. The molecular formula is C8H14O3. The van der Waals surface area contributed by atoms with E-state index in [1.165, 1.54) is 0 Å². The second kappa shape index (κ2) is 2.73. The molecule has 64 valence electrons. The fraction of sp³-hybridized carbons (Fsp3) is 1.00. The van der Waals surface area contributed by atoms with E-state index in [4.69, 9.17) is 9.84 Å². The monoisotopic (exact) mass is 158 g/mol. The second-order valence-electron chi connectivity index (χ2n) is 3.53. The van der Waals surface area contributed by atoms with Gasteiger partial charge in [-0.15, -0.1) is 0 Å². The molecular weight excluding hydrogens is 144 g/mol. The highest BCUT2D eigenvalue weighted by molar-refractivity contribution is 4.87. The first-order valence-corrected chi connectivity index (χ1v) is 4.29. The summed E-state index contributed by atoms with van der Waals surface area (Å²) in [5.41, 5.74) is 0. The van der Waals surface area contributed by atoms with E-state index in [0.29, 0.717) is 6.42 Å². The Hall–Kier alpha value is -0.120. The summed E-state index contributed by atoms with van der Waals surface area (Å²) in [7, 11) is 0. The minimum absolute atomic E-state index is 0.119. The quantitative estimate of drug-likeness (QED) is 0.531. The average Bonchev–Trinajstić information content (AvgIpc) is 2.31. The van der Waals surface area contributed by atoms with Crippen molar-refractivity contribution in [1.82, 2.24) is 0 Å². The molecule has 3 nitrogen and oxygen atoms in total. The third kappa shape index (κ3) is 1.28. The van der Waals surface area contributed by atoms with Crippen molar-refractivity contribution in [1.29, 1.82) is 0 Å². The summed E-state index contributed by atoms with van der Waals surface area (Å²) in [6.45, 7) is 0.